The molecule has 46 heavy (non-hydrogen) atoms. The van der Waals surface area contributed by atoms with Crippen LogP contribution < -0.4 is 0 Å². The van der Waals surface area contributed by atoms with Gasteiger partial charge in [-0.2, -0.15) is 0 Å². The largest absolute Gasteiger partial charge is 0.456 e. The first kappa shape index (κ1) is 25.9. The molecule has 10 rings (SSSR count). The van der Waals surface area contributed by atoms with Crippen molar-refractivity contribution < 1.29 is 4.42 Å². The fourth-order valence-corrected chi connectivity index (χ4v) is 7.86. The molecule has 3 heterocycles. The van der Waals surface area contributed by atoms with Crippen LogP contribution in [0.4, 0.5) is 0 Å². The lowest BCUT2D eigenvalue weighted by Crippen LogP contribution is -1.88. The average molecular weight is 592 g/mol. The van der Waals surface area contributed by atoms with Crippen LogP contribution in [-0.4, -0.2) is 4.40 Å². The molecule has 0 amide bonds. The van der Waals surface area contributed by atoms with Gasteiger partial charge in [0, 0.05) is 32.3 Å². The molecule has 0 atom stereocenters. The second-order valence-electron chi connectivity index (χ2n) is 13.8. The highest BCUT2D eigenvalue weighted by molar-refractivity contribution is 6.27. The van der Waals surface area contributed by atoms with Gasteiger partial charge in [-0.05, 0) is 110 Å². The molecule has 220 valence electrons. The third-order valence-electron chi connectivity index (χ3n) is 10.4. The summed E-state index contributed by atoms with van der Waals surface area (Å²) in [6, 6.07) is 43.4. The van der Waals surface area contributed by atoms with Gasteiger partial charge in [-0.15, -0.1) is 0 Å². The highest BCUT2D eigenvalue weighted by Gasteiger charge is 2.21. The summed E-state index contributed by atoms with van der Waals surface area (Å²) >= 11 is 0. The zero-order valence-electron chi connectivity index (χ0n) is 26.5. The molecule has 0 spiro atoms. The Bertz CT molecular complexity index is 2730. The number of benzene rings is 7. The first-order valence-electron chi connectivity index (χ1n) is 16.5. The maximum absolute atomic E-state index is 6.19. The van der Waals surface area contributed by atoms with E-state index < -0.39 is 0 Å². The fourth-order valence-electron chi connectivity index (χ4n) is 7.86. The summed E-state index contributed by atoms with van der Waals surface area (Å²) in [4.78, 5) is 0. The lowest BCUT2D eigenvalue weighted by Gasteiger charge is -2.09. The molecular formula is C44H33NO. The van der Waals surface area contributed by atoms with Crippen molar-refractivity contribution in [2.75, 3.05) is 0 Å². The Hall–Kier alpha value is -5.34. The van der Waals surface area contributed by atoms with Crippen molar-refractivity contribution in [1.82, 2.24) is 4.40 Å². The number of para-hydroxylation sites is 1. The third kappa shape index (κ3) is 3.53. The fraction of sp³-hybridized carbons (Fsp3) is 0.136. The molecule has 0 saturated carbocycles. The molecule has 0 radical (unpaired) electrons. The highest BCUT2D eigenvalue weighted by atomic mass is 16.3. The first-order valence-corrected chi connectivity index (χ1v) is 16.5. The molecule has 0 aliphatic heterocycles. The highest BCUT2D eigenvalue weighted by Crippen LogP contribution is 2.44. The van der Waals surface area contributed by atoms with Gasteiger partial charge < -0.3 is 8.82 Å². The van der Waals surface area contributed by atoms with Crippen LogP contribution in [0.1, 0.15) is 50.7 Å². The Balaban J connectivity index is 1.34. The monoisotopic (exact) mass is 591 g/mol. The van der Waals surface area contributed by atoms with Crippen LogP contribution in [0.3, 0.4) is 0 Å². The number of fused-ring (bicyclic) bond motifs is 11. The zero-order valence-corrected chi connectivity index (χ0v) is 26.5. The van der Waals surface area contributed by atoms with E-state index in [4.69, 9.17) is 4.42 Å². The molecule has 0 saturated heterocycles. The lowest BCUT2D eigenvalue weighted by molar-refractivity contribution is 0.669. The summed E-state index contributed by atoms with van der Waals surface area (Å²) < 4.78 is 8.71. The quantitative estimate of drug-likeness (QED) is 0.200. The molecule has 2 nitrogen and oxygen atoms in total. The summed E-state index contributed by atoms with van der Waals surface area (Å²) in [6.45, 7) is 9.09. The topological polar surface area (TPSA) is 17.6 Å². The van der Waals surface area contributed by atoms with E-state index in [1.54, 1.807) is 0 Å². The predicted molar refractivity (Wildman–Crippen MR) is 197 cm³/mol. The van der Waals surface area contributed by atoms with E-state index >= 15 is 0 Å². The molecule has 0 aliphatic carbocycles. The summed E-state index contributed by atoms with van der Waals surface area (Å²) in [6.07, 6.45) is 0. The van der Waals surface area contributed by atoms with Crippen molar-refractivity contribution in [2.24, 2.45) is 0 Å². The standard InChI is InChI=1S/C44H33NO/c1-24(2)26-9-11-29-22-40-35(18-31(29)15-26)38-20-33(28-13-14-43-37(17-28)34-7-5-6-8-42(34)46-43)21-39-36-19-32-16-27(25(3)4)10-12-30(32)23-41(36)45(40)44(38)39/h5-25H,1-4H3. The molecule has 2 heteroatoms. The van der Waals surface area contributed by atoms with Crippen LogP contribution in [0.2, 0.25) is 0 Å². The van der Waals surface area contributed by atoms with Crippen molar-refractivity contribution in [3.63, 3.8) is 0 Å². The first-order chi connectivity index (χ1) is 22.4. The van der Waals surface area contributed by atoms with Crippen molar-refractivity contribution in [3.05, 3.63) is 126 Å². The summed E-state index contributed by atoms with van der Waals surface area (Å²) in [7, 11) is 0. The Kier molecular flexibility index (Phi) is 5.14. The Morgan fingerprint density at radius 1 is 0.435 bits per heavy atom. The number of furan rings is 1. The van der Waals surface area contributed by atoms with Gasteiger partial charge in [0.1, 0.15) is 11.2 Å². The average Bonchev–Trinajstić information content (AvgIpc) is 3.71. The van der Waals surface area contributed by atoms with E-state index in [9.17, 15) is 0 Å². The molecule has 10 aromatic rings. The Morgan fingerprint density at radius 2 is 1.00 bits per heavy atom. The number of aromatic nitrogens is 1. The van der Waals surface area contributed by atoms with Crippen molar-refractivity contribution in [3.8, 4) is 11.1 Å². The Morgan fingerprint density at radius 3 is 1.61 bits per heavy atom. The van der Waals surface area contributed by atoms with Gasteiger partial charge >= 0.3 is 0 Å². The van der Waals surface area contributed by atoms with E-state index in [1.165, 1.54) is 81.9 Å². The molecule has 0 bridgehead atoms. The van der Waals surface area contributed by atoms with E-state index in [-0.39, 0.29) is 0 Å². The van der Waals surface area contributed by atoms with Crippen LogP contribution in [0.25, 0.3) is 92.7 Å². The normalized spacial score (nSPS) is 12.7. The molecular weight excluding hydrogens is 558 g/mol. The van der Waals surface area contributed by atoms with Gasteiger partial charge in [0.2, 0.25) is 0 Å². The number of hydrogen-bond donors (Lipinski definition) is 0. The smallest absolute Gasteiger partial charge is 0.135 e. The summed E-state index contributed by atoms with van der Waals surface area (Å²) in [5, 5.41) is 12.7. The summed E-state index contributed by atoms with van der Waals surface area (Å²) in [5.41, 5.74) is 10.9. The van der Waals surface area contributed by atoms with Crippen molar-refractivity contribution in [2.45, 2.75) is 39.5 Å². The molecule has 7 aromatic carbocycles. The minimum absolute atomic E-state index is 0.490. The zero-order chi connectivity index (χ0) is 30.8. The van der Waals surface area contributed by atoms with E-state index in [0.717, 1.165) is 21.9 Å². The predicted octanol–water partition coefficient (Wildman–Crippen LogP) is 13.0. The van der Waals surface area contributed by atoms with E-state index in [2.05, 4.69) is 141 Å². The van der Waals surface area contributed by atoms with Gasteiger partial charge in [0.05, 0.1) is 16.6 Å². The van der Waals surface area contributed by atoms with Crippen LogP contribution in [0.15, 0.2) is 120 Å². The van der Waals surface area contributed by atoms with Crippen LogP contribution >= 0.6 is 0 Å². The van der Waals surface area contributed by atoms with Crippen LogP contribution in [0, 0.1) is 0 Å². The van der Waals surface area contributed by atoms with Crippen LogP contribution in [-0.2, 0) is 0 Å². The van der Waals surface area contributed by atoms with Crippen molar-refractivity contribution >= 4 is 81.6 Å². The minimum Gasteiger partial charge on any atom is -0.456 e. The maximum atomic E-state index is 6.19. The number of rotatable bonds is 3. The molecule has 0 aliphatic rings. The lowest BCUT2D eigenvalue weighted by atomic mass is 9.95. The van der Waals surface area contributed by atoms with Gasteiger partial charge in [-0.1, -0.05) is 88.4 Å². The van der Waals surface area contributed by atoms with Crippen LogP contribution in [0.5, 0.6) is 0 Å². The van der Waals surface area contributed by atoms with Gasteiger partial charge in [-0.25, -0.2) is 0 Å². The number of hydrogen-bond acceptors (Lipinski definition) is 1. The second-order valence-corrected chi connectivity index (χ2v) is 13.8. The molecule has 0 unspecified atom stereocenters. The molecule has 0 fully saturated rings. The second kappa shape index (κ2) is 9.11. The van der Waals surface area contributed by atoms with E-state index in [0.29, 0.717) is 11.8 Å². The summed E-state index contributed by atoms with van der Waals surface area (Å²) in [5.74, 6) is 0.979. The third-order valence-corrected chi connectivity index (χ3v) is 10.4. The maximum Gasteiger partial charge on any atom is 0.135 e. The Labute approximate surface area is 266 Å². The van der Waals surface area contributed by atoms with Crippen molar-refractivity contribution in [1.29, 1.82) is 0 Å². The molecule has 3 aromatic heterocycles. The number of nitrogens with zero attached hydrogens (tertiary/aromatic N) is 1. The SMILES string of the molecule is CC(C)c1ccc2cc3c(cc2c1)c1cc(-c2ccc4oc5ccccc5c4c2)cc2c4cc5cc(C(C)C)ccc5cc4n3c12. The molecule has 0 N–H and O–H groups in total. The van der Waals surface area contributed by atoms with E-state index in [1.807, 2.05) is 6.07 Å². The van der Waals surface area contributed by atoms with Gasteiger partial charge in [0.25, 0.3) is 0 Å². The van der Waals surface area contributed by atoms with Gasteiger partial charge in [-0.3, -0.25) is 0 Å². The van der Waals surface area contributed by atoms with Gasteiger partial charge in [0.15, 0.2) is 0 Å². The minimum atomic E-state index is 0.490.